The number of nitrogens with one attached hydrogen (secondary N) is 1. The normalized spacial score (nSPS) is 27.8. The van der Waals surface area contributed by atoms with Gasteiger partial charge >= 0.3 is 0 Å². The molecule has 144 valence electrons. The number of aliphatic hydroxyl groups excluding tert-OH is 1. The van der Waals surface area contributed by atoms with Gasteiger partial charge in [0.1, 0.15) is 4.90 Å². The fourth-order valence-corrected chi connectivity index (χ4v) is 5.72. The highest BCUT2D eigenvalue weighted by Crippen LogP contribution is 2.28. The zero-order valence-electron chi connectivity index (χ0n) is 14.6. The van der Waals surface area contributed by atoms with E-state index in [0.717, 1.165) is 12.8 Å². The van der Waals surface area contributed by atoms with E-state index in [-0.39, 0.29) is 40.4 Å². The van der Waals surface area contributed by atoms with Gasteiger partial charge in [-0.25, -0.2) is 8.42 Å². The SMILES string of the molecule is O=C(N[C@H]1CC[C@H](O)CC1)[C@H]1CCCN(S(=O)(=O)c2ccccc2Cl)C1. The molecule has 0 radical (unpaired) electrons. The molecule has 0 spiro atoms. The summed E-state index contributed by atoms with van der Waals surface area (Å²) in [6, 6.07) is 6.45. The molecule has 0 bridgehead atoms. The summed E-state index contributed by atoms with van der Waals surface area (Å²) in [5, 5.41) is 12.8. The van der Waals surface area contributed by atoms with Crippen LogP contribution >= 0.6 is 11.6 Å². The van der Waals surface area contributed by atoms with Gasteiger partial charge in [-0.3, -0.25) is 4.79 Å². The second-order valence-electron chi connectivity index (χ2n) is 7.15. The van der Waals surface area contributed by atoms with Gasteiger partial charge in [-0.1, -0.05) is 23.7 Å². The Kier molecular flexibility index (Phi) is 6.22. The highest BCUT2D eigenvalue weighted by Gasteiger charge is 2.35. The second kappa shape index (κ2) is 8.25. The Bertz CT molecular complexity index is 747. The number of amides is 1. The van der Waals surface area contributed by atoms with Crippen molar-refractivity contribution in [2.45, 2.75) is 55.6 Å². The molecule has 1 saturated heterocycles. The van der Waals surface area contributed by atoms with Crippen LogP contribution in [0.15, 0.2) is 29.2 Å². The smallest absolute Gasteiger partial charge is 0.244 e. The van der Waals surface area contributed by atoms with Crippen LogP contribution in [0.4, 0.5) is 0 Å². The first-order valence-corrected chi connectivity index (χ1v) is 10.9. The van der Waals surface area contributed by atoms with Crippen molar-refractivity contribution in [2.24, 2.45) is 5.92 Å². The Morgan fingerprint density at radius 3 is 2.54 bits per heavy atom. The minimum atomic E-state index is -3.71. The zero-order chi connectivity index (χ0) is 18.7. The lowest BCUT2D eigenvalue weighted by atomic mass is 9.92. The van der Waals surface area contributed by atoms with Crippen LogP contribution in [-0.2, 0) is 14.8 Å². The molecule has 2 fully saturated rings. The molecule has 2 N–H and O–H groups in total. The van der Waals surface area contributed by atoms with Crippen LogP contribution in [-0.4, -0.2) is 49.0 Å². The molecule has 1 heterocycles. The van der Waals surface area contributed by atoms with E-state index in [1.807, 2.05) is 0 Å². The molecule has 1 aliphatic heterocycles. The van der Waals surface area contributed by atoms with E-state index in [9.17, 15) is 18.3 Å². The molecule has 0 aromatic heterocycles. The quantitative estimate of drug-likeness (QED) is 0.810. The van der Waals surface area contributed by atoms with Crippen LogP contribution in [0.5, 0.6) is 0 Å². The molecule has 26 heavy (non-hydrogen) atoms. The van der Waals surface area contributed by atoms with Crippen molar-refractivity contribution in [3.05, 3.63) is 29.3 Å². The number of carbonyl (C=O) groups is 1. The number of hydrogen-bond acceptors (Lipinski definition) is 4. The van der Waals surface area contributed by atoms with Gasteiger partial charge in [0.05, 0.1) is 17.0 Å². The topological polar surface area (TPSA) is 86.7 Å². The molecule has 1 aliphatic carbocycles. The summed E-state index contributed by atoms with van der Waals surface area (Å²) in [6.45, 7) is 0.571. The van der Waals surface area contributed by atoms with Crippen molar-refractivity contribution in [1.29, 1.82) is 0 Å². The monoisotopic (exact) mass is 400 g/mol. The highest BCUT2D eigenvalue weighted by molar-refractivity contribution is 7.89. The van der Waals surface area contributed by atoms with Gasteiger partial charge in [0.2, 0.25) is 15.9 Å². The molecule has 0 unspecified atom stereocenters. The molecule has 3 rings (SSSR count). The molecule has 1 amide bonds. The van der Waals surface area contributed by atoms with E-state index in [0.29, 0.717) is 32.2 Å². The van der Waals surface area contributed by atoms with Gasteiger partial charge in [-0.05, 0) is 50.7 Å². The van der Waals surface area contributed by atoms with Crippen molar-refractivity contribution >= 4 is 27.5 Å². The van der Waals surface area contributed by atoms with E-state index >= 15 is 0 Å². The van der Waals surface area contributed by atoms with Crippen molar-refractivity contribution in [3.63, 3.8) is 0 Å². The lowest BCUT2D eigenvalue weighted by Gasteiger charge is -2.33. The molecule has 1 atom stereocenters. The second-order valence-corrected chi connectivity index (χ2v) is 9.46. The number of carbonyl (C=O) groups excluding carboxylic acids is 1. The summed E-state index contributed by atoms with van der Waals surface area (Å²) in [5.74, 6) is -0.446. The number of halogens is 1. The van der Waals surface area contributed by atoms with E-state index < -0.39 is 10.0 Å². The molecule has 8 heteroatoms. The molecule has 6 nitrogen and oxygen atoms in total. The highest BCUT2D eigenvalue weighted by atomic mass is 35.5. The first-order valence-electron chi connectivity index (χ1n) is 9.11. The van der Waals surface area contributed by atoms with Crippen molar-refractivity contribution in [1.82, 2.24) is 9.62 Å². The Morgan fingerprint density at radius 2 is 1.85 bits per heavy atom. The van der Waals surface area contributed by atoms with Gasteiger partial charge in [0, 0.05) is 19.1 Å². The minimum absolute atomic E-state index is 0.0708. The number of rotatable bonds is 4. The number of hydrogen-bond donors (Lipinski definition) is 2. The standard InChI is InChI=1S/C18H25ClN2O4S/c19-16-5-1-2-6-17(16)26(24,25)21-11-3-4-13(12-21)18(23)20-14-7-9-15(22)10-8-14/h1-2,5-6,13-15,22H,3-4,7-12H2,(H,20,23)/t13-,14-,15-/m0/s1. The predicted octanol–water partition coefficient (Wildman–Crippen LogP) is 2.16. The summed E-state index contributed by atoms with van der Waals surface area (Å²) >= 11 is 6.06. The van der Waals surface area contributed by atoms with E-state index in [4.69, 9.17) is 11.6 Å². The van der Waals surface area contributed by atoms with Crippen molar-refractivity contribution in [2.75, 3.05) is 13.1 Å². The molecule has 1 aromatic rings. The average Bonchev–Trinajstić information content (AvgIpc) is 2.64. The molecule has 1 aromatic carbocycles. The van der Waals surface area contributed by atoms with Crippen LogP contribution in [0.1, 0.15) is 38.5 Å². The number of piperidine rings is 1. The number of sulfonamides is 1. The van der Waals surface area contributed by atoms with E-state index in [1.165, 1.54) is 10.4 Å². The first kappa shape index (κ1) is 19.6. The third-order valence-electron chi connectivity index (χ3n) is 5.25. The first-order chi connectivity index (χ1) is 12.4. The lowest BCUT2D eigenvalue weighted by Crippen LogP contribution is -2.48. The van der Waals surface area contributed by atoms with Crippen molar-refractivity contribution in [3.8, 4) is 0 Å². The number of nitrogens with zero attached hydrogens (tertiary/aromatic N) is 1. The fourth-order valence-electron chi connectivity index (χ4n) is 3.71. The summed E-state index contributed by atoms with van der Waals surface area (Å²) in [6.07, 6.45) is 3.98. The Morgan fingerprint density at radius 1 is 1.15 bits per heavy atom. The maximum Gasteiger partial charge on any atom is 0.244 e. The van der Waals surface area contributed by atoms with Crippen LogP contribution in [0.2, 0.25) is 5.02 Å². The third-order valence-corrected chi connectivity index (χ3v) is 7.62. The summed E-state index contributed by atoms with van der Waals surface area (Å²) in [7, 11) is -3.71. The van der Waals surface area contributed by atoms with Crippen LogP contribution < -0.4 is 5.32 Å². The van der Waals surface area contributed by atoms with Crippen LogP contribution in [0.25, 0.3) is 0 Å². The lowest BCUT2D eigenvalue weighted by molar-refractivity contribution is -0.127. The Hall–Kier alpha value is -1.15. The molecule has 2 aliphatic rings. The van der Waals surface area contributed by atoms with E-state index in [1.54, 1.807) is 18.2 Å². The fraction of sp³-hybridized carbons (Fsp3) is 0.611. The molecule has 1 saturated carbocycles. The van der Waals surface area contributed by atoms with Gasteiger partial charge in [0.25, 0.3) is 0 Å². The zero-order valence-corrected chi connectivity index (χ0v) is 16.2. The summed E-state index contributed by atoms with van der Waals surface area (Å²) < 4.78 is 27.1. The minimum Gasteiger partial charge on any atom is -0.393 e. The summed E-state index contributed by atoms with van der Waals surface area (Å²) in [5.41, 5.74) is 0. The summed E-state index contributed by atoms with van der Waals surface area (Å²) in [4.78, 5) is 12.7. The van der Waals surface area contributed by atoms with Gasteiger partial charge in [-0.15, -0.1) is 0 Å². The predicted molar refractivity (Wildman–Crippen MR) is 99.3 cm³/mol. The number of benzene rings is 1. The van der Waals surface area contributed by atoms with Gasteiger partial charge in [0.15, 0.2) is 0 Å². The Labute approximate surface area is 159 Å². The van der Waals surface area contributed by atoms with Crippen molar-refractivity contribution < 1.29 is 18.3 Å². The van der Waals surface area contributed by atoms with Crippen LogP contribution in [0.3, 0.4) is 0 Å². The average molecular weight is 401 g/mol. The molecular formula is C18H25ClN2O4S. The maximum atomic E-state index is 12.9. The molecular weight excluding hydrogens is 376 g/mol. The van der Waals surface area contributed by atoms with Gasteiger partial charge < -0.3 is 10.4 Å². The van der Waals surface area contributed by atoms with Crippen LogP contribution in [0, 0.1) is 5.92 Å². The largest absolute Gasteiger partial charge is 0.393 e. The third kappa shape index (κ3) is 4.39. The number of aliphatic hydroxyl groups is 1. The maximum absolute atomic E-state index is 12.9. The Balaban J connectivity index is 1.65. The van der Waals surface area contributed by atoms with Gasteiger partial charge in [-0.2, -0.15) is 4.31 Å². The van der Waals surface area contributed by atoms with E-state index in [2.05, 4.69) is 5.32 Å².